The van der Waals surface area contributed by atoms with Gasteiger partial charge in [-0.25, -0.2) is 0 Å². The Bertz CT molecular complexity index is 1070. The summed E-state index contributed by atoms with van der Waals surface area (Å²) in [5.74, 6) is -15.4. The fourth-order valence-corrected chi connectivity index (χ4v) is 6.03. The van der Waals surface area contributed by atoms with Crippen LogP contribution in [0.2, 0.25) is 0 Å². The number of rotatable bonds is 21. The molecule has 0 rings (SSSR count). The molecule has 0 saturated carbocycles. The number of ether oxygens (including phenoxy) is 8. The molecule has 0 aliphatic carbocycles. The predicted octanol–water partition coefficient (Wildman–Crippen LogP) is 1.72. The van der Waals surface area contributed by atoms with Crippen LogP contribution in [0, 0.1) is 28.6 Å². The molecule has 0 spiro atoms. The van der Waals surface area contributed by atoms with Crippen LogP contribution in [0.3, 0.4) is 0 Å². The lowest BCUT2D eigenvalue weighted by atomic mass is 9.51. The first-order valence-electron chi connectivity index (χ1n) is 14.9. The number of carbonyl (C=O) groups is 8. The average Bonchev–Trinajstić information content (AvgIpc) is 3.08. The first-order valence-corrected chi connectivity index (χ1v) is 14.9. The van der Waals surface area contributed by atoms with Gasteiger partial charge in [0.2, 0.25) is 0 Å². The van der Waals surface area contributed by atoms with Crippen molar-refractivity contribution in [1.82, 2.24) is 0 Å². The van der Waals surface area contributed by atoms with Crippen LogP contribution in [-0.4, -0.2) is 105 Å². The van der Waals surface area contributed by atoms with Gasteiger partial charge in [-0.15, -0.1) is 0 Å². The average molecular weight is 677 g/mol. The van der Waals surface area contributed by atoms with E-state index in [4.69, 9.17) is 37.9 Å². The Morgan fingerprint density at radius 1 is 0.532 bits per heavy atom. The van der Waals surface area contributed by atoms with E-state index >= 15 is 0 Å². The van der Waals surface area contributed by atoms with Crippen LogP contribution in [0.5, 0.6) is 0 Å². The number of methoxy groups -OCH3 is 8. The van der Waals surface area contributed by atoms with Crippen LogP contribution in [0.25, 0.3) is 0 Å². The minimum Gasteiger partial charge on any atom is -0.469 e. The Morgan fingerprint density at radius 3 is 1.40 bits per heavy atom. The summed E-state index contributed by atoms with van der Waals surface area (Å²) in [6.45, 7) is 2.00. The second kappa shape index (κ2) is 20.8. The van der Waals surface area contributed by atoms with Crippen molar-refractivity contribution < 1.29 is 76.3 Å². The number of esters is 8. The van der Waals surface area contributed by atoms with Crippen molar-refractivity contribution in [2.75, 3.05) is 56.9 Å². The molecular weight excluding hydrogens is 628 g/mol. The van der Waals surface area contributed by atoms with Gasteiger partial charge in [0.15, 0.2) is 0 Å². The van der Waals surface area contributed by atoms with Crippen molar-refractivity contribution in [2.24, 2.45) is 28.6 Å². The summed E-state index contributed by atoms with van der Waals surface area (Å²) in [6.07, 6.45) is 1.06. The first kappa shape index (κ1) is 42.8. The number of hydrogen-bond donors (Lipinski definition) is 0. The molecule has 0 aromatic carbocycles. The highest BCUT2D eigenvalue weighted by Crippen LogP contribution is 2.56. The quantitative estimate of drug-likeness (QED) is 0.0733. The van der Waals surface area contributed by atoms with Gasteiger partial charge >= 0.3 is 47.8 Å². The molecule has 0 N–H and O–H groups in total. The van der Waals surface area contributed by atoms with Crippen molar-refractivity contribution in [3.63, 3.8) is 0 Å². The van der Waals surface area contributed by atoms with E-state index in [1.807, 2.05) is 6.92 Å². The number of hydrogen-bond acceptors (Lipinski definition) is 16. The highest BCUT2D eigenvalue weighted by Gasteiger charge is 2.79. The van der Waals surface area contributed by atoms with E-state index in [0.717, 1.165) is 69.0 Å². The van der Waals surface area contributed by atoms with E-state index < -0.39 is 89.2 Å². The minimum absolute atomic E-state index is 0.202. The molecule has 16 heteroatoms. The predicted molar refractivity (Wildman–Crippen MR) is 159 cm³/mol. The molecule has 4 atom stereocenters. The Balaban J connectivity index is 8.40. The smallest absolute Gasteiger partial charge is 0.336 e. The molecule has 0 amide bonds. The molecule has 0 aliphatic heterocycles. The molecule has 0 aromatic rings. The van der Waals surface area contributed by atoms with Gasteiger partial charge < -0.3 is 37.9 Å². The molecule has 4 unspecified atom stereocenters. The van der Waals surface area contributed by atoms with Crippen LogP contribution in [0.4, 0.5) is 0 Å². The molecule has 0 aliphatic rings. The van der Waals surface area contributed by atoms with Crippen LogP contribution >= 0.6 is 0 Å². The Hall–Kier alpha value is -4.24. The lowest BCUT2D eigenvalue weighted by Gasteiger charge is -2.47. The standard InChI is InChI=1S/C31H48O16/c1-10-11-12-13-14-19(16-21(32)40-2)15-20(17-22(33)41-3)24(25(35)43-5)30(26(36)44-6,18-23(34)42-4)31(27(37)45-7,28(38)46-8)29(39)47-9/h19-20,24H,10-18H2,1-9H3. The molecule has 0 bridgehead atoms. The maximum Gasteiger partial charge on any atom is 0.336 e. The van der Waals surface area contributed by atoms with Crippen molar-refractivity contribution in [1.29, 1.82) is 0 Å². The third-order valence-electron chi connectivity index (χ3n) is 8.24. The van der Waals surface area contributed by atoms with Gasteiger partial charge in [-0.1, -0.05) is 32.6 Å². The molecule has 0 fully saturated rings. The van der Waals surface area contributed by atoms with Crippen LogP contribution in [-0.2, 0) is 76.3 Å². The second-order valence-electron chi connectivity index (χ2n) is 10.7. The summed E-state index contributed by atoms with van der Waals surface area (Å²) < 4.78 is 39.1. The zero-order chi connectivity index (χ0) is 36.4. The van der Waals surface area contributed by atoms with Crippen molar-refractivity contribution >= 4 is 47.8 Å². The van der Waals surface area contributed by atoms with Crippen LogP contribution in [0.1, 0.15) is 64.7 Å². The van der Waals surface area contributed by atoms with Gasteiger partial charge in [0.25, 0.3) is 5.41 Å². The van der Waals surface area contributed by atoms with E-state index in [2.05, 4.69) is 0 Å². The summed E-state index contributed by atoms with van der Waals surface area (Å²) in [5, 5.41) is 0. The lowest BCUT2D eigenvalue weighted by Crippen LogP contribution is -2.68. The van der Waals surface area contributed by atoms with Crippen LogP contribution in [0.15, 0.2) is 0 Å². The van der Waals surface area contributed by atoms with Gasteiger partial charge in [0, 0.05) is 12.8 Å². The van der Waals surface area contributed by atoms with Gasteiger partial charge in [-0.05, 0) is 24.7 Å². The molecular formula is C31H48O16. The molecule has 0 aromatic heterocycles. The zero-order valence-electron chi connectivity index (χ0n) is 28.6. The zero-order valence-corrected chi connectivity index (χ0v) is 28.6. The third-order valence-corrected chi connectivity index (χ3v) is 8.24. The topological polar surface area (TPSA) is 210 Å². The molecule has 0 saturated heterocycles. The normalized spacial score (nSPS) is 14.1. The van der Waals surface area contributed by atoms with Crippen LogP contribution < -0.4 is 0 Å². The summed E-state index contributed by atoms with van der Waals surface area (Å²) in [5.41, 5.74) is -6.80. The highest BCUT2D eigenvalue weighted by molar-refractivity contribution is 6.22. The third kappa shape index (κ3) is 9.88. The van der Waals surface area contributed by atoms with Crippen molar-refractivity contribution in [3.05, 3.63) is 0 Å². The summed E-state index contributed by atoms with van der Waals surface area (Å²) in [4.78, 5) is 108. The van der Waals surface area contributed by atoms with Gasteiger partial charge in [0.1, 0.15) is 5.41 Å². The maximum absolute atomic E-state index is 14.2. The summed E-state index contributed by atoms with van der Waals surface area (Å²) in [6, 6.07) is 0. The SMILES string of the molecule is CCCCCCC(CC(=O)OC)CC(CC(=O)OC)C(C(=O)OC)C(CC(=O)OC)(C(=O)OC)C(C(=O)OC)(C(=O)OC)C(=O)OC. The molecule has 0 radical (unpaired) electrons. The summed E-state index contributed by atoms with van der Waals surface area (Å²) >= 11 is 0. The lowest BCUT2D eigenvalue weighted by molar-refractivity contribution is -0.212. The van der Waals surface area contributed by atoms with Gasteiger partial charge in [-0.2, -0.15) is 0 Å². The summed E-state index contributed by atoms with van der Waals surface area (Å²) in [7, 11) is 7.14. The van der Waals surface area contributed by atoms with E-state index in [9.17, 15) is 38.4 Å². The molecule has 47 heavy (non-hydrogen) atoms. The monoisotopic (exact) mass is 676 g/mol. The molecule has 268 valence electrons. The molecule has 0 heterocycles. The van der Waals surface area contributed by atoms with Gasteiger partial charge in [0.05, 0.1) is 69.2 Å². The van der Waals surface area contributed by atoms with Gasteiger partial charge in [-0.3, -0.25) is 38.4 Å². The molecule has 16 nitrogen and oxygen atoms in total. The highest BCUT2D eigenvalue weighted by atomic mass is 16.6. The number of carbonyl (C=O) groups excluding carboxylic acids is 8. The Morgan fingerprint density at radius 2 is 1.00 bits per heavy atom. The van der Waals surface area contributed by atoms with Crippen molar-refractivity contribution in [3.8, 4) is 0 Å². The second-order valence-corrected chi connectivity index (χ2v) is 10.7. The largest absolute Gasteiger partial charge is 0.469 e. The Kier molecular flexibility index (Phi) is 18.9. The van der Waals surface area contributed by atoms with E-state index in [1.165, 1.54) is 7.11 Å². The van der Waals surface area contributed by atoms with E-state index in [1.54, 1.807) is 0 Å². The first-order chi connectivity index (χ1) is 22.2. The Labute approximate surface area is 274 Å². The minimum atomic E-state index is -3.57. The van der Waals surface area contributed by atoms with E-state index in [-0.39, 0.29) is 12.8 Å². The maximum atomic E-state index is 14.2. The van der Waals surface area contributed by atoms with E-state index in [0.29, 0.717) is 12.8 Å². The fraction of sp³-hybridized carbons (Fsp3) is 0.742. The van der Waals surface area contributed by atoms with Crippen molar-refractivity contribution in [2.45, 2.75) is 64.7 Å². The number of unbranched alkanes of at least 4 members (excludes halogenated alkanes) is 3. The fourth-order valence-electron chi connectivity index (χ4n) is 6.03.